The lowest BCUT2D eigenvalue weighted by molar-refractivity contribution is 0.0398. The van der Waals surface area contributed by atoms with Gasteiger partial charge in [0.2, 0.25) is 0 Å². The zero-order valence-electron chi connectivity index (χ0n) is 14.4. The quantitative estimate of drug-likeness (QED) is 0.859. The third-order valence-electron chi connectivity index (χ3n) is 4.17. The number of anilines is 2. The van der Waals surface area contributed by atoms with Crippen molar-refractivity contribution < 1.29 is 9.53 Å². The van der Waals surface area contributed by atoms with Crippen molar-refractivity contribution in [1.29, 1.82) is 0 Å². The van der Waals surface area contributed by atoms with Crippen LogP contribution in [0.15, 0.2) is 42.5 Å². The Morgan fingerprint density at radius 1 is 1.16 bits per heavy atom. The molecule has 1 N–H and O–H groups in total. The molecule has 1 aliphatic rings. The fraction of sp³-hybridized carbons (Fsp3) is 0.389. The predicted octanol–water partition coefficient (Wildman–Crippen LogP) is 1.50. The average molecular weight is 341 g/mol. The summed E-state index contributed by atoms with van der Waals surface area (Å²) in [6, 6.07) is 13.0. The van der Waals surface area contributed by atoms with Crippen LogP contribution in [0.5, 0.6) is 0 Å². The van der Waals surface area contributed by atoms with E-state index in [0.29, 0.717) is 11.5 Å². The molecule has 7 nitrogen and oxygen atoms in total. The molecule has 0 spiro atoms. The summed E-state index contributed by atoms with van der Waals surface area (Å²) in [5.74, 6) is 0.491. The highest BCUT2D eigenvalue weighted by molar-refractivity contribution is 6.04. The van der Waals surface area contributed by atoms with Crippen LogP contribution in [0.25, 0.3) is 0 Å². The van der Waals surface area contributed by atoms with E-state index in [2.05, 4.69) is 20.4 Å². The van der Waals surface area contributed by atoms with E-state index in [1.807, 2.05) is 30.3 Å². The summed E-state index contributed by atoms with van der Waals surface area (Å²) in [4.78, 5) is 16.4. The van der Waals surface area contributed by atoms with Crippen LogP contribution >= 0.6 is 0 Å². The van der Waals surface area contributed by atoms with Crippen LogP contribution in [0.2, 0.25) is 0 Å². The maximum atomic E-state index is 12.5. The number of amides is 1. The summed E-state index contributed by atoms with van der Waals surface area (Å²) in [6.45, 7) is 5.24. The Balaban J connectivity index is 1.52. The Morgan fingerprint density at radius 3 is 2.60 bits per heavy atom. The van der Waals surface area contributed by atoms with Crippen LogP contribution in [0.1, 0.15) is 10.5 Å². The summed E-state index contributed by atoms with van der Waals surface area (Å²) in [7, 11) is 1.73. The molecular formula is C18H23N5O2. The van der Waals surface area contributed by atoms with E-state index in [0.717, 1.165) is 45.1 Å². The molecule has 2 aromatic rings. The van der Waals surface area contributed by atoms with Crippen LogP contribution in [0.4, 0.5) is 11.5 Å². The van der Waals surface area contributed by atoms with Crippen molar-refractivity contribution in [2.75, 3.05) is 56.7 Å². The first-order valence-electron chi connectivity index (χ1n) is 8.45. The van der Waals surface area contributed by atoms with Gasteiger partial charge in [0.1, 0.15) is 5.82 Å². The van der Waals surface area contributed by atoms with Crippen molar-refractivity contribution >= 4 is 17.4 Å². The van der Waals surface area contributed by atoms with Gasteiger partial charge >= 0.3 is 0 Å². The molecule has 0 atom stereocenters. The predicted molar refractivity (Wildman–Crippen MR) is 97.0 cm³/mol. The van der Waals surface area contributed by atoms with Gasteiger partial charge in [-0.25, -0.2) is 0 Å². The van der Waals surface area contributed by atoms with E-state index >= 15 is 0 Å². The standard InChI is InChI=1S/C18H23N5O2/c1-22(15-5-3-2-4-6-15)18(24)16-7-8-17(21-20-16)19-9-10-23-11-13-25-14-12-23/h2-8H,9-14H2,1H3,(H,19,21). The van der Waals surface area contributed by atoms with Gasteiger partial charge in [-0.2, -0.15) is 0 Å². The van der Waals surface area contributed by atoms with E-state index in [1.165, 1.54) is 0 Å². The lowest BCUT2D eigenvalue weighted by Crippen LogP contribution is -2.39. The number of nitrogens with one attached hydrogen (secondary N) is 1. The van der Waals surface area contributed by atoms with Gasteiger partial charge in [0.05, 0.1) is 13.2 Å². The second-order valence-corrected chi connectivity index (χ2v) is 5.88. The van der Waals surface area contributed by atoms with E-state index in [-0.39, 0.29) is 5.91 Å². The number of morpholine rings is 1. The first-order valence-corrected chi connectivity index (χ1v) is 8.45. The van der Waals surface area contributed by atoms with Gasteiger partial charge in [-0.15, -0.1) is 10.2 Å². The molecule has 1 saturated heterocycles. The molecular weight excluding hydrogens is 318 g/mol. The fourth-order valence-corrected chi connectivity index (χ4v) is 2.65. The first kappa shape index (κ1) is 17.3. The molecule has 1 fully saturated rings. The SMILES string of the molecule is CN(C(=O)c1ccc(NCCN2CCOCC2)nn1)c1ccccc1. The Kier molecular flexibility index (Phi) is 5.92. The molecule has 0 bridgehead atoms. The summed E-state index contributed by atoms with van der Waals surface area (Å²) in [5, 5.41) is 11.4. The Morgan fingerprint density at radius 2 is 1.92 bits per heavy atom. The Hall–Kier alpha value is -2.51. The number of benzene rings is 1. The summed E-state index contributed by atoms with van der Waals surface area (Å²) >= 11 is 0. The molecule has 0 radical (unpaired) electrons. The number of carbonyl (C=O) groups is 1. The van der Waals surface area contributed by atoms with Gasteiger partial charge in [0.25, 0.3) is 5.91 Å². The highest BCUT2D eigenvalue weighted by atomic mass is 16.5. The van der Waals surface area contributed by atoms with Gasteiger partial charge < -0.3 is 15.0 Å². The van der Waals surface area contributed by atoms with Crippen molar-refractivity contribution in [3.8, 4) is 0 Å². The van der Waals surface area contributed by atoms with Crippen molar-refractivity contribution in [2.45, 2.75) is 0 Å². The third kappa shape index (κ3) is 4.74. The van der Waals surface area contributed by atoms with Crippen LogP contribution in [-0.4, -0.2) is 67.4 Å². The van der Waals surface area contributed by atoms with Crippen molar-refractivity contribution in [3.05, 3.63) is 48.2 Å². The zero-order chi connectivity index (χ0) is 17.5. The number of aromatic nitrogens is 2. The number of carbonyl (C=O) groups excluding carboxylic acids is 1. The molecule has 0 saturated carbocycles. The maximum absolute atomic E-state index is 12.5. The van der Waals surface area contributed by atoms with E-state index in [1.54, 1.807) is 24.1 Å². The number of nitrogens with zero attached hydrogens (tertiary/aromatic N) is 4. The summed E-state index contributed by atoms with van der Waals surface area (Å²) < 4.78 is 5.33. The fourth-order valence-electron chi connectivity index (χ4n) is 2.65. The highest BCUT2D eigenvalue weighted by Crippen LogP contribution is 2.14. The van der Waals surface area contributed by atoms with E-state index in [4.69, 9.17) is 4.74 Å². The Bertz CT molecular complexity index is 672. The zero-order valence-corrected chi connectivity index (χ0v) is 14.4. The molecule has 0 unspecified atom stereocenters. The minimum atomic E-state index is -0.182. The number of para-hydroxylation sites is 1. The van der Waals surface area contributed by atoms with Crippen molar-refractivity contribution in [3.63, 3.8) is 0 Å². The number of hydrogen-bond donors (Lipinski definition) is 1. The number of hydrogen-bond acceptors (Lipinski definition) is 6. The molecule has 2 heterocycles. The van der Waals surface area contributed by atoms with Crippen LogP contribution in [-0.2, 0) is 4.74 Å². The van der Waals surface area contributed by atoms with Gasteiger partial charge in [-0.3, -0.25) is 9.69 Å². The van der Waals surface area contributed by atoms with E-state index in [9.17, 15) is 4.79 Å². The molecule has 3 rings (SSSR count). The first-order chi connectivity index (χ1) is 12.2. The van der Waals surface area contributed by atoms with Crippen LogP contribution < -0.4 is 10.2 Å². The lowest BCUT2D eigenvalue weighted by Gasteiger charge is -2.26. The second-order valence-electron chi connectivity index (χ2n) is 5.88. The second kappa shape index (κ2) is 8.55. The molecule has 1 aliphatic heterocycles. The minimum Gasteiger partial charge on any atom is -0.379 e. The van der Waals surface area contributed by atoms with Crippen LogP contribution in [0, 0.1) is 0 Å². The monoisotopic (exact) mass is 341 g/mol. The molecule has 7 heteroatoms. The van der Waals surface area contributed by atoms with Crippen LogP contribution in [0.3, 0.4) is 0 Å². The molecule has 0 aliphatic carbocycles. The van der Waals surface area contributed by atoms with Gasteiger partial charge in [-0.1, -0.05) is 18.2 Å². The minimum absolute atomic E-state index is 0.182. The smallest absolute Gasteiger partial charge is 0.278 e. The molecule has 1 aromatic heterocycles. The molecule has 1 amide bonds. The number of rotatable bonds is 6. The average Bonchev–Trinajstić information content (AvgIpc) is 2.69. The van der Waals surface area contributed by atoms with Crippen molar-refractivity contribution in [1.82, 2.24) is 15.1 Å². The highest BCUT2D eigenvalue weighted by Gasteiger charge is 2.15. The maximum Gasteiger partial charge on any atom is 0.278 e. The van der Waals surface area contributed by atoms with Crippen molar-refractivity contribution in [2.24, 2.45) is 0 Å². The summed E-state index contributed by atoms with van der Waals surface area (Å²) in [6.07, 6.45) is 0. The summed E-state index contributed by atoms with van der Waals surface area (Å²) in [5.41, 5.74) is 1.15. The normalized spacial score (nSPS) is 14.9. The van der Waals surface area contributed by atoms with Gasteiger partial charge in [0.15, 0.2) is 5.69 Å². The van der Waals surface area contributed by atoms with E-state index < -0.39 is 0 Å². The third-order valence-corrected chi connectivity index (χ3v) is 4.17. The molecule has 1 aromatic carbocycles. The number of ether oxygens (including phenoxy) is 1. The van der Waals surface area contributed by atoms with Gasteiger partial charge in [-0.05, 0) is 24.3 Å². The van der Waals surface area contributed by atoms with Gasteiger partial charge in [0, 0.05) is 38.9 Å². The topological polar surface area (TPSA) is 70.6 Å². The Labute approximate surface area is 147 Å². The largest absolute Gasteiger partial charge is 0.379 e. The lowest BCUT2D eigenvalue weighted by atomic mass is 10.2. The molecule has 25 heavy (non-hydrogen) atoms. The molecule has 132 valence electrons.